The number of nitrogens with zero attached hydrogens (tertiary/aromatic N) is 6. The first-order valence-corrected chi connectivity index (χ1v) is 9.87. The molecule has 0 saturated carbocycles. The number of hydrogen-bond acceptors (Lipinski definition) is 6. The van der Waals surface area contributed by atoms with Gasteiger partial charge in [-0.2, -0.15) is 15.1 Å². The fraction of sp³-hybridized carbons (Fsp3) is 0.400. The van der Waals surface area contributed by atoms with Crippen LogP contribution in [-0.2, 0) is 11.3 Å². The Morgan fingerprint density at radius 2 is 2.34 bits per heavy atom. The van der Waals surface area contributed by atoms with Crippen LogP contribution in [0.3, 0.4) is 0 Å². The highest BCUT2D eigenvalue weighted by molar-refractivity contribution is 5.89. The van der Waals surface area contributed by atoms with E-state index in [4.69, 9.17) is 4.98 Å². The second kappa shape index (κ2) is 7.94. The lowest BCUT2D eigenvalue weighted by atomic mass is 10.0. The summed E-state index contributed by atoms with van der Waals surface area (Å²) in [6, 6.07) is 2.16. The van der Waals surface area contributed by atoms with Crippen LogP contribution in [-0.4, -0.2) is 61.7 Å². The van der Waals surface area contributed by atoms with Gasteiger partial charge in [0, 0.05) is 45.1 Å². The predicted octanol–water partition coefficient (Wildman–Crippen LogP) is 2.53. The molecule has 3 aromatic rings. The molecule has 1 fully saturated rings. The van der Waals surface area contributed by atoms with Crippen molar-refractivity contribution in [1.82, 2.24) is 29.6 Å². The maximum atomic E-state index is 12.1. The number of aromatic nitrogens is 5. The van der Waals surface area contributed by atoms with Crippen LogP contribution >= 0.6 is 0 Å². The minimum absolute atomic E-state index is 0.0205. The van der Waals surface area contributed by atoms with Crippen LogP contribution in [0.5, 0.6) is 0 Å². The normalized spacial score (nSPS) is 16.8. The lowest BCUT2D eigenvalue weighted by molar-refractivity contribution is -0.127. The molecule has 1 saturated heterocycles. The molecule has 0 bridgehead atoms. The van der Waals surface area contributed by atoms with Gasteiger partial charge < -0.3 is 20.1 Å². The maximum Gasteiger partial charge on any atom is 0.246 e. The van der Waals surface area contributed by atoms with E-state index in [0.29, 0.717) is 12.5 Å². The second-order valence-electron chi connectivity index (χ2n) is 7.22. The number of fused-ring (bicyclic) bond motifs is 1. The summed E-state index contributed by atoms with van der Waals surface area (Å²) >= 11 is 0. The second-order valence-corrected chi connectivity index (χ2v) is 7.22. The van der Waals surface area contributed by atoms with Crippen LogP contribution in [0.1, 0.15) is 19.8 Å². The third-order valence-corrected chi connectivity index (χ3v) is 5.37. The highest BCUT2D eigenvalue weighted by Crippen LogP contribution is 2.28. The van der Waals surface area contributed by atoms with E-state index in [2.05, 4.69) is 31.9 Å². The van der Waals surface area contributed by atoms with Crippen molar-refractivity contribution in [1.29, 1.82) is 0 Å². The van der Waals surface area contributed by atoms with Gasteiger partial charge in [0.05, 0.1) is 17.3 Å². The zero-order valence-electron chi connectivity index (χ0n) is 16.8. The third-order valence-electron chi connectivity index (χ3n) is 5.37. The number of nitrogens with one attached hydrogen (secondary N) is 2. The Kier molecular flexibility index (Phi) is 5.20. The first-order chi connectivity index (χ1) is 14.1. The van der Waals surface area contributed by atoms with Crippen molar-refractivity contribution < 1.29 is 4.79 Å². The van der Waals surface area contributed by atoms with Gasteiger partial charge >= 0.3 is 0 Å². The highest BCUT2D eigenvalue weighted by atomic mass is 16.2. The zero-order valence-corrected chi connectivity index (χ0v) is 16.8. The maximum absolute atomic E-state index is 12.1. The summed E-state index contributed by atoms with van der Waals surface area (Å²) in [6.45, 7) is 7.88. The SMILES string of the molecule is C=CC(=O)N1CCC[C@@H](N(C)c2nc(Nc3cnn(CC)c3)nc3[nH]ccc23)C1. The number of aryl methyl sites for hydroxylation is 1. The molecule has 2 N–H and O–H groups in total. The van der Waals surface area contributed by atoms with Crippen molar-refractivity contribution in [3.63, 3.8) is 0 Å². The topological polar surface area (TPSA) is 95.0 Å². The Morgan fingerprint density at radius 3 is 3.10 bits per heavy atom. The average molecular weight is 394 g/mol. The van der Waals surface area contributed by atoms with Gasteiger partial charge in [0.15, 0.2) is 0 Å². The van der Waals surface area contributed by atoms with Gasteiger partial charge in [0.1, 0.15) is 11.5 Å². The standard InChI is InChI=1S/C20H26N8O/c1-4-17(29)27-10-6-7-15(13-27)26(3)19-16-8-9-21-18(16)24-20(25-19)23-14-11-22-28(5-2)12-14/h4,8-9,11-12,15H,1,5-7,10,13H2,2-3H3,(H2,21,23,24,25)/t15-/m1/s1. The zero-order chi connectivity index (χ0) is 20.4. The van der Waals surface area contributed by atoms with Gasteiger partial charge in [0.2, 0.25) is 11.9 Å². The molecule has 9 heteroatoms. The van der Waals surface area contributed by atoms with Crippen molar-refractivity contribution >= 4 is 34.4 Å². The fourth-order valence-electron chi connectivity index (χ4n) is 3.75. The molecule has 1 aliphatic rings. The number of piperidine rings is 1. The molecule has 0 unspecified atom stereocenters. The molecule has 4 heterocycles. The van der Waals surface area contributed by atoms with Crippen LogP contribution < -0.4 is 10.2 Å². The number of amides is 1. The third kappa shape index (κ3) is 3.80. The van der Waals surface area contributed by atoms with E-state index >= 15 is 0 Å². The minimum Gasteiger partial charge on any atom is -0.354 e. The largest absolute Gasteiger partial charge is 0.354 e. The quantitative estimate of drug-likeness (QED) is 0.624. The first-order valence-electron chi connectivity index (χ1n) is 9.87. The summed E-state index contributed by atoms with van der Waals surface area (Å²) < 4.78 is 1.84. The van der Waals surface area contributed by atoms with Gasteiger partial charge in [-0.1, -0.05) is 6.58 Å². The Hall–Kier alpha value is -3.36. The van der Waals surface area contributed by atoms with Crippen LogP contribution in [0.25, 0.3) is 11.0 Å². The average Bonchev–Trinajstić information content (AvgIpc) is 3.41. The van der Waals surface area contributed by atoms with Gasteiger partial charge in [-0.15, -0.1) is 0 Å². The molecule has 1 aliphatic heterocycles. The molecule has 0 spiro atoms. The van der Waals surface area contributed by atoms with Gasteiger partial charge in [-0.3, -0.25) is 9.48 Å². The van der Waals surface area contributed by atoms with Crippen LogP contribution in [0, 0.1) is 0 Å². The number of likely N-dealkylation sites (tertiary alicyclic amines) is 1. The Morgan fingerprint density at radius 1 is 1.48 bits per heavy atom. The lowest BCUT2D eigenvalue weighted by Crippen LogP contribution is -2.48. The highest BCUT2D eigenvalue weighted by Gasteiger charge is 2.27. The summed E-state index contributed by atoms with van der Waals surface area (Å²) in [5.74, 6) is 1.32. The van der Waals surface area contributed by atoms with E-state index < -0.39 is 0 Å². The fourth-order valence-corrected chi connectivity index (χ4v) is 3.75. The Labute approximate surface area is 169 Å². The van der Waals surface area contributed by atoms with E-state index in [9.17, 15) is 4.79 Å². The predicted molar refractivity (Wildman–Crippen MR) is 113 cm³/mol. The summed E-state index contributed by atoms with van der Waals surface area (Å²) in [7, 11) is 2.03. The summed E-state index contributed by atoms with van der Waals surface area (Å²) in [4.78, 5) is 28.6. The number of likely N-dealkylation sites (N-methyl/N-ethyl adjacent to an activating group) is 1. The molecular weight excluding hydrogens is 368 g/mol. The van der Waals surface area contributed by atoms with Gasteiger partial charge in [-0.05, 0) is 31.9 Å². The molecule has 9 nitrogen and oxygen atoms in total. The van der Waals surface area contributed by atoms with Crippen LogP contribution in [0.15, 0.2) is 37.3 Å². The molecule has 1 amide bonds. The molecule has 152 valence electrons. The van der Waals surface area contributed by atoms with Gasteiger partial charge in [0.25, 0.3) is 0 Å². The number of carbonyl (C=O) groups is 1. The number of anilines is 3. The van der Waals surface area contributed by atoms with Crippen molar-refractivity contribution in [3.8, 4) is 0 Å². The molecular formula is C20H26N8O. The molecule has 3 aromatic heterocycles. The van der Waals surface area contributed by atoms with Crippen molar-refractivity contribution in [2.24, 2.45) is 0 Å². The molecule has 1 atom stereocenters. The molecule has 0 radical (unpaired) electrons. The summed E-state index contributed by atoms with van der Waals surface area (Å²) in [5.41, 5.74) is 1.61. The van der Waals surface area contributed by atoms with Crippen molar-refractivity contribution in [2.75, 3.05) is 30.4 Å². The number of carbonyl (C=O) groups excluding carboxylic acids is 1. The van der Waals surface area contributed by atoms with E-state index in [1.54, 1.807) is 6.20 Å². The van der Waals surface area contributed by atoms with Crippen LogP contribution in [0.4, 0.5) is 17.5 Å². The summed E-state index contributed by atoms with van der Waals surface area (Å²) in [6.07, 6.45) is 8.89. The minimum atomic E-state index is -0.0205. The Bertz CT molecular complexity index is 1020. The van der Waals surface area contributed by atoms with Crippen molar-refractivity contribution in [2.45, 2.75) is 32.4 Å². The Balaban J connectivity index is 1.62. The van der Waals surface area contributed by atoms with E-state index in [0.717, 1.165) is 48.5 Å². The number of aromatic amines is 1. The van der Waals surface area contributed by atoms with E-state index in [1.165, 1.54) is 6.08 Å². The number of H-pyrrole nitrogens is 1. The van der Waals surface area contributed by atoms with Gasteiger partial charge in [-0.25, -0.2) is 0 Å². The molecule has 0 aromatic carbocycles. The lowest BCUT2D eigenvalue weighted by Gasteiger charge is -2.38. The number of hydrogen-bond donors (Lipinski definition) is 2. The molecule has 29 heavy (non-hydrogen) atoms. The summed E-state index contributed by atoms with van der Waals surface area (Å²) in [5, 5.41) is 8.48. The molecule has 0 aliphatic carbocycles. The van der Waals surface area contributed by atoms with E-state index in [-0.39, 0.29) is 11.9 Å². The monoisotopic (exact) mass is 394 g/mol. The smallest absolute Gasteiger partial charge is 0.246 e. The molecule has 4 rings (SSSR count). The first kappa shape index (κ1) is 19.0. The number of rotatable bonds is 6. The van der Waals surface area contributed by atoms with Crippen LogP contribution in [0.2, 0.25) is 0 Å². The van der Waals surface area contributed by atoms with Crippen molar-refractivity contribution in [3.05, 3.63) is 37.3 Å². The van der Waals surface area contributed by atoms with E-state index in [1.807, 2.05) is 42.0 Å².